The lowest BCUT2D eigenvalue weighted by Crippen LogP contribution is -2.19. The molecule has 416 valence electrons. The van der Waals surface area contributed by atoms with Gasteiger partial charge in [0.25, 0.3) is 11.4 Å². The first-order valence-corrected chi connectivity index (χ1v) is 29.3. The summed E-state index contributed by atoms with van der Waals surface area (Å²) in [5, 5.41) is 23.4. The maximum atomic E-state index is 14.7. The normalized spacial score (nSPS) is 13.4. The van der Waals surface area contributed by atoms with Crippen LogP contribution in [0.4, 0.5) is 11.4 Å². The quantitative estimate of drug-likeness (QED) is 0.0569. The van der Waals surface area contributed by atoms with Crippen molar-refractivity contribution < 1.29 is 44.5 Å². The summed E-state index contributed by atoms with van der Waals surface area (Å²) < 4.78 is 85.5. The molecule has 1 aliphatic rings. The number of non-ortho nitro benzene ring substituents is 2. The zero-order valence-corrected chi connectivity index (χ0v) is 49.1. The lowest BCUT2D eigenvalue weighted by Gasteiger charge is -2.29. The number of ether oxygens (including phenoxy) is 2. The van der Waals surface area contributed by atoms with Gasteiger partial charge in [0.05, 0.1) is 23.1 Å². The molecule has 0 atom stereocenters. The molecule has 78 heavy (non-hydrogen) atoms. The zero-order chi connectivity index (χ0) is 57.5. The summed E-state index contributed by atoms with van der Waals surface area (Å²) in [5.74, 6) is 1.28. The topological polar surface area (TPSA) is 191 Å². The Morgan fingerprint density at radius 2 is 0.615 bits per heavy atom. The van der Waals surface area contributed by atoms with Gasteiger partial charge in [0.2, 0.25) is 0 Å². The fourth-order valence-corrected chi connectivity index (χ4v) is 11.4. The van der Waals surface area contributed by atoms with Gasteiger partial charge in [0.15, 0.2) is 0 Å². The molecule has 0 aliphatic heterocycles. The molecule has 0 heterocycles. The van der Waals surface area contributed by atoms with Crippen LogP contribution in [-0.2, 0) is 67.6 Å². The molecule has 6 aromatic rings. The molecule has 14 nitrogen and oxygen atoms in total. The summed E-state index contributed by atoms with van der Waals surface area (Å²) in [5.41, 5.74) is 6.48. The van der Waals surface area contributed by atoms with Crippen molar-refractivity contribution in [1.82, 2.24) is 0 Å². The van der Waals surface area contributed by atoms with Crippen LogP contribution >= 0.6 is 0 Å². The predicted octanol–water partition coefficient (Wildman–Crippen LogP) is 14.5. The minimum Gasteiger partial charge on any atom is -0.493 e. The van der Waals surface area contributed by atoms with Gasteiger partial charge in [-0.25, -0.2) is 0 Å². The molecule has 16 heteroatoms. The number of hydrogen-bond acceptors (Lipinski definition) is 12. The Morgan fingerprint density at radius 3 is 0.808 bits per heavy atom. The van der Waals surface area contributed by atoms with Crippen molar-refractivity contribution >= 4 is 31.6 Å². The minimum absolute atomic E-state index is 0.105. The standard InChI is InChI=1S/C62H74N2O12S2/c1-15-25-73-55-39-27-43-35-49(61(9,10)11)37-45(57(43)75-77(69,70)53-21-17-51(18-22-53)63(65)66)29-41-33-48(60(6,7)8)34-42(56(41)74-26-16-2)30-46-38-50(62(12,13)14)36-44(28-40(55)32-47(31-39)59(3,4)5)58(46)76-78(71,72)54-23-19-52(20-24-54)64(67)68/h17-24,31-38H,15-16,25-30H2,1-14H3. The van der Waals surface area contributed by atoms with Crippen LogP contribution in [0.3, 0.4) is 0 Å². The third-order valence-corrected chi connectivity index (χ3v) is 16.4. The van der Waals surface area contributed by atoms with E-state index in [2.05, 4.69) is 107 Å². The highest BCUT2D eigenvalue weighted by Crippen LogP contribution is 2.45. The number of rotatable bonds is 14. The molecule has 0 amide bonds. The molecule has 0 spiro atoms. The number of fused-ring (bicyclic) bond motifs is 8. The van der Waals surface area contributed by atoms with Gasteiger partial charge in [-0.2, -0.15) is 16.8 Å². The van der Waals surface area contributed by atoms with Crippen molar-refractivity contribution in [2.45, 2.75) is 167 Å². The largest absolute Gasteiger partial charge is 0.493 e. The number of nitro groups is 2. The van der Waals surface area contributed by atoms with E-state index in [9.17, 15) is 37.1 Å². The van der Waals surface area contributed by atoms with Crippen LogP contribution in [0.15, 0.2) is 107 Å². The Morgan fingerprint density at radius 1 is 0.397 bits per heavy atom. The second-order valence-electron chi connectivity index (χ2n) is 24.5. The van der Waals surface area contributed by atoms with Crippen LogP contribution in [0.1, 0.15) is 177 Å². The van der Waals surface area contributed by atoms with Gasteiger partial charge in [-0.15, -0.1) is 0 Å². The van der Waals surface area contributed by atoms with Crippen molar-refractivity contribution in [2.75, 3.05) is 13.2 Å². The van der Waals surface area contributed by atoms with Crippen LogP contribution in [0.5, 0.6) is 23.0 Å². The Hall–Kier alpha value is -6.78. The van der Waals surface area contributed by atoms with Gasteiger partial charge in [0, 0.05) is 72.2 Å². The number of nitro benzene ring substituents is 2. The molecule has 0 unspecified atom stereocenters. The van der Waals surface area contributed by atoms with E-state index in [1.54, 1.807) is 0 Å². The molecule has 0 N–H and O–H groups in total. The maximum Gasteiger partial charge on any atom is 0.339 e. The summed E-state index contributed by atoms with van der Waals surface area (Å²) in [6.45, 7) is 29.8. The molecule has 0 fully saturated rings. The molecule has 0 saturated carbocycles. The second kappa shape index (κ2) is 22.2. The zero-order valence-electron chi connectivity index (χ0n) is 47.5. The van der Waals surface area contributed by atoms with Crippen molar-refractivity contribution in [2.24, 2.45) is 0 Å². The predicted molar refractivity (Wildman–Crippen MR) is 305 cm³/mol. The fourth-order valence-electron chi connectivity index (χ4n) is 9.40. The average molecular weight is 1100 g/mol. The smallest absolute Gasteiger partial charge is 0.339 e. The van der Waals surface area contributed by atoms with E-state index in [0.29, 0.717) is 59.8 Å². The van der Waals surface area contributed by atoms with Gasteiger partial charge in [-0.1, -0.05) is 145 Å². The summed E-state index contributed by atoms with van der Waals surface area (Å²) in [6.07, 6.45) is 1.78. The number of hydrogen-bond donors (Lipinski definition) is 0. The Kier molecular flexibility index (Phi) is 16.7. The summed E-state index contributed by atoms with van der Waals surface area (Å²) >= 11 is 0. The van der Waals surface area contributed by atoms with E-state index in [0.717, 1.165) is 68.8 Å². The van der Waals surface area contributed by atoms with Crippen LogP contribution in [0.25, 0.3) is 0 Å². The minimum atomic E-state index is -4.64. The van der Waals surface area contributed by atoms with Crippen LogP contribution in [-0.4, -0.2) is 39.9 Å². The van der Waals surface area contributed by atoms with Crippen LogP contribution in [0.2, 0.25) is 0 Å². The van der Waals surface area contributed by atoms with Crippen molar-refractivity contribution in [3.8, 4) is 23.0 Å². The van der Waals surface area contributed by atoms with Crippen LogP contribution in [0, 0.1) is 20.2 Å². The molecule has 0 radical (unpaired) electrons. The van der Waals surface area contributed by atoms with E-state index >= 15 is 0 Å². The lowest BCUT2D eigenvalue weighted by atomic mass is 9.79. The van der Waals surface area contributed by atoms with E-state index in [1.807, 2.05) is 38.1 Å². The lowest BCUT2D eigenvalue weighted by molar-refractivity contribution is -0.385. The summed E-state index contributed by atoms with van der Waals surface area (Å²) in [6, 6.07) is 25.5. The van der Waals surface area contributed by atoms with Crippen molar-refractivity contribution in [1.29, 1.82) is 0 Å². The molecule has 6 aromatic carbocycles. The third-order valence-electron chi connectivity index (χ3n) is 13.9. The molecular weight excluding hydrogens is 1030 g/mol. The first-order valence-electron chi connectivity index (χ1n) is 26.5. The molecule has 0 aromatic heterocycles. The van der Waals surface area contributed by atoms with E-state index in [1.165, 1.54) is 24.3 Å². The third kappa shape index (κ3) is 13.4. The van der Waals surface area contributed by atoms with Gasteiger partial charge < -0.3 is 17.8 Å². The Bertz CT molecular complexity index is 3160. The Balaban J connectivity index is 1.66. The molecule has 1 aliphatic carbocycles. The Labute approximate surface area is 461 Å². The summed E-state index contributed by atoms with van der Waals surface area (Å²) in [4.78, 5) is 21.7. The number of nitrogens with zero attached hydrogens (tertiary/aromatic N) is 2. The van der Waals surface area contributed by atoms with E-state index in [4.69, 9.17) is 17.8 Å². The summed E-state index contributed by atoms with van der Waals surface area (Å²) in [7, 11) is -9.28. The average Bonchev–Trinajstić information content (AvgIpc) is 3.44. The molecule has 0 saturated heterocycles. The van der Waals surface area contributed by atoms with E-state index < -0.39 is 51.7 Å². The monoisotopic (exact) mass is 1100 g/mol. The molecule has 8 bridgehead atoms. The first kappa shape index (κ1) is 58.9. The van der Waals surface area contributed by atoms with Crippen molar-refractivity contribution in [3.63, 3.8) is 0 Å². The highest BCUT2D eigenvalue weighted by Gasteiger charge is 2.33. The second-order valence-corrected chi connectivity index (χ2v) is 27.6. The van der Waals surface area contributed by atoms with Gasteiger partial charge >= 0.3 is 20.2 Å². The SMILES string of the molecule is CCCOc1c2cc(C(C)(C)C)cc1Cc1cc(C(C)(C)C)cc(c1OS(=O)(=O)c1ccc([N+](=O)[O-])cc1)Cc1cc(C(C)(C)C)cc(c1OCCC)Cc1cc(C(C)(C)C)cc(c1OS(=O)(=O)c1ccc([N+](=O)[O-])cc1)C2. The first-order chi connectivity index (χ1) is 36.2. The van der Waals surface area contributed by atoms with Gasteiger partial charge in [-0.3, -0.25) is 20.2 Å². The molecular formula is C62H74N2O12S2. The fraction of sp³-hybridized carbons (Fsp3) is 0.419. The maximum absolute atomic E-state index is 14.7. The number of benzene rings is 6. The highest BCUT2D eigenvalue weighted by molar-refractivity contribution is 7.87. The highest BCUT2D eigenvalue weighted by atomic mass is 32.2. The van der Waals surface area contributed by atoms with Crippen molar-refractivity contribution in [3.05, 3.63) is 184 Å². The van der Waals surface area contributed by atoms with Gasteiger partial charge in [0.1, 0.15) is 32.8 Å². The van der Waals surface area contributed by atoms with E-state index in [-0.39, 0.29) is 58.3 Å². The van der Waals surface area contributed by atoms with Gasteiger partial charge in [-0.05, 0) is 103 Å². The van der Waals surface area contributed by atoms with Crippen LogP contribution < -0.4 is 17.8 Å². The molecule has 7 rings (SSSR count).